The summed E-state index contributed by atoms with van der Waals surface area (Å²) in [6.07, 6.45) is -8.61. The summed E-state index contributed by atoms with van der Waals surface area (Å²) in [6.45, 7) is 2.75. The number of aryl methyl sites for hydroxylation is 1. The summed E-state index contributed by atoms with van der Waals surface area (Å²) in [5.41, 5.74) is -2.91. The average molecular weight is 418 g/mol. The highest BCUT2D eigenvalue weighted by Crippen LogP contribution is 2.36. The molecular formula is C18H16F6N4O. The molecule has 156 valence electrons. The van der Waals surface area contributed by atoms with Gasteiger partial charge in [0.05, 0.1) is 11.1 Å². The lowest BCUT2D eigenvalue weighted by molar-refractivity contribution is -0.143. The van der Waals surface area contributed by atoms with E-state index in [0.717, 1.165) is 5.69 Å². The number of piperazine rings is 1. The number of anilines is 1. The molecule has 0 aliphatic carbocycles. The van der Waals surface area contributed by atoms with Gasteiger partial charge in [-0.1, -0.05) is 0 Å². The number of nitrogens with zero attached hydrogens (tertiary/aromatic N) is 4. The van der Waals surface area contributed by atoms with Crippen molar-refractivity contribution < 1.29 is 31.1 Å². The SMILES string of the molecule is Cc1cc(N2CCN(C(=O)c3cc(C(F)(F)F)cc(C(F)(F)F)c3)CC2)ncn1. The van der Waals surface area contributed by atoms with Crippen LogP contribution in [-0.2, 0) is 12.4 Å². The van der Waals surface area contributed by atoms with Crippen molar-refractivity contribution >= 4 is 11.7 Å². The number of carbonyl (C=O) groups is 1. The van der Waals surface area contributed by atoms with Gasteiger partial charge >= 0.3 is 12.4 Å². The van der Waals surface area contributed by atoms with E-state index in [0.29, 0.717) is 31.0 Å². The molecule has 1 saturated heterocycles. The molecule has 0 spiro atoms. The van der Waals surface area contributed by atoms with Crippen molar-refractivity contribution in [1.29, 1.82) is 0 Å². The van der Waals surface area contributed by atoms with E-state index < -0.39 is 35.0 Å². The Bertz CT molecular complexity index is 872. The normalized spacial score (nSPS) is 15.6. The first-order valence-corrected chi connectivity index (χ1v) is 8.57. The van der Waals surface area contributed by atoms with Gasteiger partial charge in [0, 0.05) is 43.5 Å². The van der Waals surface area contributed by atoms with Crippen LogP contribution in [0.4, 0.5) is 32.2 Å². The van der Waals surface area contributed by atoms with E-state index in [9.17, 15) is 31.1 Å². The first-order valence-electron chi connectivity index (χ1n) is 8.57. The highest BCUT2D eigenvalue weighted by atomic mass is 19.4. The van der Waals surface area contributed by atoms with E-state index in [1.807, 2.05) is 4.90 Å². The predicted octanol–water partition coefficient (Wildman–Crippen LogP) is 3.79. The van der Waals surface area contributed by atoms with Crippen LogP contribution >= 0.6 is 0 Å². The molecule has 1 aliphatic heterocycles. The van der Waals surface area contributed by atoms with E-state index in [1.165, 1.54) is 11.2 Å². The van der Waals surface area contributed by atoms with Gasteiger partial charge in [0.2, 0.25) is 0 Å². The van der Waals surface area contributed by atoms with Gasteiger partial charge in [-0.05, 0) is 25.1 Å². The molecule has 1 fully saturated rings. The van der Waals surface area contributed by atoms with Crippen molar-refractivity contribution in [3.8, 4) is 0 Å². The second kappa shape index (κ2) is 7.53. The molecule has 0 N–H and O–H groups in total. The van der Waals surface area contributed by atoms with Crippen LogP contribution < -0.4 is 4.90 Å². The molecule has 0 saturated carbocycles. The standard InChI is InChI=1S/C18H16F6N4O/c1-11-6-15(26-10-25-11)27-2-4-28(5-3-27)16(29)12-7-13(17(19,20)21)9-14(8-12)18(22,23)24/h6-10H,2-5H2,1H3. The maximum atomic E-state index is 13.0. The van der Waals surface area contributed by atoms with Crippen molar-refractivity contribution in [3.63, 3.8) is 0 Å². The van der Waals surface area contributed by atoms with E-state index in [2.05, 4.69) is 9.97 Å². The van der Waals surface area contributed by atoms with Crippen LogP contribution in [0.15, 0.2) is 30.6 Å². The first kappa shape index (κ1) is 20.9. The molecule has 29 heavy (non-hydrogen) atoms. The summed E-state index contributed by atoms with van der Waals surface area (Å²) in [5.74, 6) is -0.233. The Kier molecular flexibility index (Phi) is 5.42. The number of alkyl halides is 6. The van der Waals surface area contributed by atoms with Gasteiger partial charge in [0.15, 0.2) is 0 Å². The van der Waals surface area contributed by atoms with E-state index in [-0.39, 0.29) is 19.2 Å². The minimum absolute atomic E-state index is 0.00611. The number of hydrogen-bond acceptors (Lipinski definition) is 4. The summed E-state index contributed by atoms with van der Waals surface area (Å²) in [6, 6.07) is 2.67. The molecule has 3 rings (SSSR count). The van der Waals surface area contributed by atoms with E-state index in [1.54, 1.807) is 13.0 Å². The van der Waals surface area contributed by atoms with Crippen LogP contribution in [-0.4, -0.2) is 47.0 Å². The van der Waals surface area contributed by atoms with Crippen LogP contribution in [0, 0.1) is 6.92 Å². The summed E-state index contributed by atoms with van der Waals surface area (Å²) in [7, 11) is 0. The third kappa shape index (κ3) is 4.77. The van der Waals surface area contributed by atoms with Crippen molar-refractivity contribution in [1.82, 2.24) is 14.9 Å². The first-order chi connectivity index (χ1) is 13.4. The van der Waals surface area contributed by atoms with Crippen molar-refractivity contribution in [2.75, 3.05) is 31.1 Å². The van der Waals surface area contributed by atoms with Gasteiger partial charge < -0.3 is 9.80 Å². The Hall–Kier alpha value is -2.85. The molecule has 1 aromatic heterocycles. The van der Waals surface area contributed by atoms with Crippen LogP contribution in [0.25, 0.3) is 0 Å². The number of benzene rings is 1. The zero-order valence-electron chi connectivity index (χ0n) is 15.2. The lowest BCUT2D eigenvalue weighted by Gasteiger charge is -2.35. The summed E-state index contributed by atoms with van der Waals surface area (Å²) >= 11 is 0. The third-order valence-corrected chi connectivity index (χ3v) is 4.51. The van der Waals surface area contributed by atoms with Gasteiger partial charge in [-0.25, -0.2) is 9.97 Å². The molecule has 2 aromatic rings. The van der Waals surface area contributed by atoms with Gasteiger partial charge in [-0.3, -0.25) is 4.79 Å². The number of rotatable bonds is 2. The Morgan fingerprint density at radius 1 is 0.862 bits per heavy atom. The predicted molar refractivity (Wildman–Crippen MR) is 91.3 cm³/mol. The quantitative estimate of drug-likeness (QED) is 0.697. The molecule has 0 unspecified atom stereocenters. The number of aromatic nitrogens is 2. The molecular weight excluding hydrogens is 402 g/mol. The molecule has 11 heteroatoms. The van der Waals surface area contributed by atoms with Crippen molar-refractivity contribution in [3.05, 3.63) is 53.0 Å². The zero-order chi connectivity index (χ0) is 21.4. The van der Waals surface area contributed by atoms with Gasteiger partial charge in [0.25, 0.3) is 5.91 Å². The Labute approximate surface area is 162 Å². The lowest BCUT2D eigenvalue weighted by atomic mass is 10.0. The van der Waals surface area contributed by atoms with Crippen LogP contribution in [0.2, 0.25) is 0 Å². The highest BCUT2D eigenvalue weighted by molar-refractivity contribution is 5.95. The largest absolute Gasteiger partial charge is 0.416 e. The molecule has 0 radical (unpaired) electrons. The zero-order valence-corrected chi connectivity index (χ0v) is 15.2. The number of carbonyl (C=O) groups excluding carboxylic acids is 1. The maximum Gasteiger partial charge on any atom is 0.416 e. The van der Waals surface area contributed by atoms with E-state index in [4.69, 9.17) is 0 Å². The summed E-state index contributed by atoms with van der Waals surface area (Å²) in [4.78, 5) is 23.8. The second-order valence-corrected chi connectivity index (χ2v) is 6.59. The minimum atomic E-state index is -5.00. The van der Waals surface area contributed by atoms with Crippen LogP contribution in [0.1, 0.15) is 27.2 Å². The van der Waals surface area contributed by atoms with Gasteiger partial charge in [-0.15, -0.1) is 0 Å². The number of amides is 1. The highest BCUT2D eigenvalue weighted by Gasteiger charge is 2.38. The Morgan fingerprint density at radius 2 is 1.41 bits per heavy atom. The number of halogens is 6. The van der Waals surface area contributed by atoms with Crippen molar-refractivity contribution in [2.24, 2.45) is 0 Å². The maximum absolute atomic E-state index is 13.0. The average Bonchev–Trinajstić information content (AvgIpc) is 2.66. The smallest absolute Gasteiger partial charge is 0.353 e. The second-order valence-electron chi connectivity index (χ2n) is 6.59. The fourth-order valence-electron chi connectivity index (χ4n) is 3.01. The topological polar surface area (TPSA) is 49.3 Å². The van der Waals surface area contributed by atoms with Crippen LogP contribution in [0.5, 0.6) is 0 Å². The van der Waals surface area contributed by atoms with Crippen LogP contribution in [0.3, 0.4) is 0 Å². The monoisotopic (exact) mass is 418 g/mol. The Morgan fingerprint density at radius 3 is 1.90 bits per heavy atom. The molecule has 1 aliphatic rings. The van der Waals surface area contributed by atoms with E-state index >= 15 is 0 Å². The van der Waals surface area contributed by atoms with Gasteiger partial charge in [0.1, 0.15) is 12.1 Å². The minimum Gasteiger partial charge on any atom is -0.353 e. The fourth-order valence-corrected chi connectivity index (χ4v) is 3.01. The summed E-state index contributed by atoms with van der Waals surface area (Å²) in [5, 5.41) is 0. The molecule has 0 atom stereocenters. The Balaban J connectivity index is 1.80. The molecule has 1 amide bonds. The molecule has 2 heterocycles. The van der Waals surface area contributed by atoms with Crippen molar-refractivity contribution in [2.45, 2.75) is 19.3 Å². The third-order valence-electron chi connectivity index (χ3n) is 4.51. The summed E-state index contributed by atoms with van der Waals surface area (Å²) < 4.78 is 78.0. The molecule has 5 nitrogen and oxygen atoms in total. The lowest BCUT2D eigenvalue weighted by Crippen LogP contribution is -2.49. The number of hydrogen-bond donors (Lipinski definition) is 0. The molecule has 1 aromatic carbocycles. The fraction of sp³-hybridized carbons (Fsp3) is 0.389. The van der Waals surface area contributed by atoms with Gasteiger partial charge in [-0.2, -0.15) is 26.3 Å². The molecule has 0 bridgehead atoms.